The summed E-state index contributed by atoms with van der Waals surface area (Å²) in [5, 5.41) is 0. The van der Waals surface area contributed by atoms with Crippen LogP contribution in [0.1, 0.15) is 70.2 Å². The third kappa shape index (κ3) is 5.48. The van der Waals surface area contributed by atoms with Gasteiger partial charge in [0.05, 0.1) is 12.7 Å². The fraction of sp³-hybridized carbons (Fsp3) is 0.522. The topological polar surface area (TPSA) is 35.5 Å². The maximum Gasteiger partial charge on any atom is 0.338 e. The van der Waals surface area contributed by atoms with Crippen molar-refractivity contribution in [3.05, 3.63) is 53.1 Å². The zero-order valence-electron chi connectivity index (χ0n) is 16.8. The molecule has 2 atom stereocenters. The standard InChI is InChI=1S/C23H32O3/c1-17(2)7-6-16-23(4,20-12-8-18(3)9-13-20)26-22(24)19-10-14-21(25-5)15-11-19/h7-8,10-11,14-15,20H,6,9,12-13,16H2,1-5H3/t20-,23+/m0/s1. The zero-order valence-corrected chi connectivity index (χ0v) is 16.8. The summed E-state index contributed by atoms with van der Waals surface area (Å²) in [7, 11) is 1.62. The minimum absolute atomic E-state index is 0.251. The van der Waals surface area contributed by atoms with Gasteiger partial charge in [-0.15, -0.1) is 0 Å². The van der Waals surface area contributed by atoms with E-state index in [2.05, 4.69) is 39.8 Å². The number of carbonyl (C=O) groups is 1. The first-order valence-electron chi connectivity index (χ1n) is 9.50. The van der Waals surface area contributed by atoms with E-state index in [1.54, 1.807) is 31.4 Å². The van der Waals surface area contributed by atoms with Crippen LogP contribution in [0.5, 0.6) is 5.75 Å². The van der Waals surface area contributed by atoms with E-state index in [9.17, 15) is 4.79 Å². The molecular formula is C23H32O3. The number of esters is 1. The van der Waals surface area contributed by atoms with Crippen molar-refractivity contribution in [1.29, 1.82) is 0 Å². The molecular weight excluding hydrogens is 324 g/mol. The van der Waals surface area contributed by atoms with Gasteiger partial charge in [0.15, 0.2) is 0 Å². The first-order valence-corrected chi connectivity index (χ1v) is 9.50. The van der Waals surface area contributed by atoms with Crippen LogP contribution in [-0.2, 0) is 4.74 Å². The van der Waals surface area contributed by atoms with Gasteiger partial charge in [-0.25, -0.2) is 4.79 Å². The summed E-state index contributed by atoms with van der Waals surface area (Å²) in [6, 6.07) is 7.12. The Bertz CT molecular complexity index is 665. The Morgan fingerprint density at radius 1 is 1.27 bits per heavy atom. The lowest BCUT2D eigenvalue weighted by Crippen LogP contribution is -2.40. The molecule has 3 heteroatoms. The molecule has 142 valence electrons. The van der Waals surface area contributed by atoms with Crippen LogP contribution in [0.25, 0.3) is 0 Å². The molecule has 0 amide bonds. The maximum absolute atomic E-state index is 12.8. The molecule has 1 aromatic carbocycles. The monoisotopic (exact) mass is 356 g/mol. The molecule has 0 fully saturated rings. The molecule has 2 rings (SSSR count). The molecule has 3 nitrogen and oxygen atoms in total. The second-order valence-corrected chi connectivity index (χ2v) is 7.77. The molecule has 0 bridgehead atoms. The highest BCUT2D eigenvalue weighted by atomic mass is 16.6. The highest BCUT2D eigenvalue weighted by Gasteiger charge is 2.37. The molecule has 1 aliphatic rings. The van der Waals surface area contributed by atoms with Gasteiger partial charge in [-0.1, -0.05) is 23.3 Å². The summed E-state index contributed by atoms with van der Waals surface area (Å²) < 4.78 is 11.3. The number of benzene rings is 1. The predicted octanol–water partition coefficient (Wildman–Crippen LogP) is 6.10. The van der Waals surface area contributed by atoms with Crippen LogP contribution in [0, 0.1) is 5.92 Å². The molecule has 1 aromatic rings. The maximum atomic E-state index is 12.8. The molecule has 0 aliphatic heterocycles. The number of ether oxygens (including phenoxy) is 2. The average Bonchev–Trinajstić information content (AvgIpc) is 2.62. The van der Waals surface area contributed by atoms with Gasteiger partial charge in [-0.3, -0.25) is 0 Å². The summed E-state index contributed by atoms with van der Waals surface area (Å²) in [6.07, 6.45) is 9.43. The summed E-state index contributed by atoms with van der Waals surface area (Å²) >= 11 is 0. The Kier molecular flexibility index (Phi) is 7.07. The lowest BCUT2D eigenvalue weighted by molar-refractivity contribution is -0.0475. The average molecular weight is 357 g/mol. The molecule has 1 aliphatic carbocycles. The molecule has 26 heavy (non-hydrogen) atoms. The van der Waals surface area contributed by atoms with Gasteiger partial charge in [0, 0.05) is 5.92 Å². The molecule has 0 heterocycles. The minimum atomic E-state index is -0.458. The van der Waals surface area contributed by atoms with Crippen LogP contribution < -0.4 is 4.74 Å². The Morgan fingerprint density at radius 2 is 1.96 bits per heavy atom. The highest BCUT2D eigenvalue weighted by molar-refractivity contribution is 5.89. The second kappa shape index (κ2) is 9.07. The van der Waals surface area contributed by atoms with Crippen molar-refractivity contribution in [2.24, 2.45) is 5.92 Å². The van der Waals surface area contributed by atoms with Crippen molar-refractivity contribution in [2.45, 2.75) is 65.4 Å². The summed E-state index contributed by atoms with van der Waals surface area (Å²) in [5.74, 6) is 0.846. The largest absolute Gasteiger partial charge is 0.497 e. The Balaban J connectivity index is 2.16. The third-order valence-corrected chi connectivity index (χ3v) is 5.35. The van der Waals surface area contributed by atoms with Crippen molar-refractivity contribution < 1.29 is 14.3 Å². The van der Waals surface area contributed by atoms with Gasteiger partial charge in [0.2, 0.25) is 0 Å². The lowest BCUT2D eigenvalue weighted by Gasteiger charge is -2.39. The number of allylic oxidation sites excluding steroid dienone is 4. The molecule has 0 aromatic heterocycles. The van der Waals surface area contributed by atoms with Crippen LogP contribution in [-0.4, -0.2) is 18.7 Å². The summed E-state index contributed by atoms with van der Waals surface area (Å²) in [6.45, 7) is 8.49. The minimum Gasteiger partial charge on any atom is -0.497 e. The fourth-order valence-electron chi connectivity index (χ4n) is 3.50. The predicted molar refractivity (Wildman–Crippen MR) is 107 cm³/mol. The van der Waals surface area contributed by atoms with E-state index in [0.29, 0.717) is 11.5 Å². The molecule has 0 saturated heterocycles. The smallest absolute Gasteiger partial charge is 0.338 e. The first-order chi connectivity index (χ1) is 12.3. The third-order valence-electron chi connectivity index (χ3n) is 5.35. The van der Waals surface area contributed by atoms with E-state index in [0.717, 1.165) is 37.9 Å². The van der Waals surface area contributed by atoms with Crippen LogP contribution >= 0.6 is 0 Å². The van der Waals surface area contributed by atoms with E-state index < -0.39 is 5.60 Å². The van der Waals surface area contributed by atoms with Gasteiger partial charge < -0.3 is 9.47 Å². The number of hydrogen-bond acceptors (Lipinski definition) is 3. The summed E-state index contributed by atoms with van der Waals surface area (Å²) in [4.78, 5) is 12.8. The fourth-order valence-corrected chi connectivity index (χ4v) is 3.50. The van der Waals surface area contributed by atoms with E-state index in [4.69, 9.17) is 9.47 Å². The lowest BCUT2D eigenvalue weighted by atomic mass is 9.76. The van der Waals surface area contributed by atoms with Crippen LogP contribution in [0.3, 0.4) is 0 Å². The highest BCUT2D eigenvalue weighted by Crippen LogP contribution is 2.38. The zero-order chi connectivity index (χ0) is 19.2. The van der Waals surface area contributed by atoms with Crippen LogP contribution in [0.2, 0.25) is 0 Å². The van der Waals surface area contributed by atoms with E-state index >= 15 is 0 Å². The number of hydrogen-bond donors (Lipinski definition) is 0. The van der Waals surface area contributed by atoms with Gasteiger partial charge >= 0.3 is 5.97 Å². The quantitative estimate of drug-likeness (QED) is 0.437. The van der Waals surface area contributed by atoms with Crippen molar-refractivity contribution in [3.63, 3.8) is 0 Å². The van der Waals surface area contributed by atoms with Gasteiger partial charge in [-0.05, 0) is 84.1 Å². The van der Waals surface area contributed by atoms with Crippen molar-refractivity contribution in [2.75, 3.05) is 7.11 Å². The SMILES string of the molecule is COc1ccc(C(=O)O[C@](C)(CCC=C(C)C)[C@H]2CC=C(C)CC2)cc1. The Labute approximate surface area is 158 Å². The number of rotatable bonds is 7. The first kappa shape index (κ1) is 20.3. The van der Waals surface area contributed by atoms with Gasteiger partial charge in [-0.2, -0.15) is 0 Å². The van der Waals surface area contributed by atoms with Gasteiger partial charge in [0.1, 0.15) is 11.4 Å². The molecule has 0 spiro atoms. The van der Waals surface area contributed by atoms with Crippen molar-refractivity contribution in [1.82, 2.24) is 0 Å². The van der Waals surface area contributed by atoms with Crippen molar-refractivity contribution >= 4 is 5.97 Å². The van der Waals surface area contributed by atoms with E-state index in [1.165, 1.54) is 11.1 Å². The van der Waals surface area contributed by atoms with E-state index in [-0.39, 0.29) is 5.97 Å². The number of carbonyl (C=O) groups excluding carboxylic acids is 1. The van der Waals surface area contributed by atoms with Crippen LogP contribution in [0.4, 0.5) is 0 Å². The molecule has 0 unspecified atom stereocenters. The summed E-state index contributed by atoms with van der Waals surface area (Å²) in [5.41, 5.74) is 2.85. The molecule has 0 saturated carbocycles. The second-order valence-electron chi connectivity index (χ2n) is 7.77. The number of methoxy groups -OCH3 is 1. The van der Waals surface area contributed by atoms with Crippen LogP contribution in [0.15, 0.2) is 47.6 Å². The molecule has 0 radical (unpaired) electrons. The Hall–Kier alpha value is -2.03. The molecule has 0 N–H and O–H groups in total. The Morgan fingerprint density at radius 3 is 2.50 bits per heavy atom. The van der Waals surface area contributed by atoms with E-state index in [1.807, 2.05) is 0 Å². The normalized spacial score (nSPS) is 19.1. The van der Waals surface area contributed by atoms with Crippen molar-refractivity contribution in [3.8, 4) is 5.75 Å². The van der Waals surface area contributed by atoms with Gasteiger partial charge in [0.25, 0.3) is 0 Å².